The molecule has 12 heteroatoms. The van der Waals surface area contributed by atoms with Gasteiger partial charge in [-0.15, -0.1) is 0 Å². The van der Waals surface area contributed by atoms with E-state index in [4.69, 9.17) is 11.6 Å². The van der Waals surface area contributed by atoms with Crippen LogP contribution in [0.1, 0.15) is 5.89 Å². The van der Waals surface area contributed by atoms with Crippen molar-refractivity contribution in [1.29, 1.82) is 0 Å². The summed E-state index contributed by atoms with van der Waals surface area (Å²) in [7, 11) is -3.67. The Morgan fingerprint density at radius 3 is 2.39 bits per heavy atom. The highest BCUT2D eigenvalue weighted by molar-refractivity contribution is 7.72. The Balaban J connectivity index is 1.91. The van der Waals surface area contributed by atoms with Crippen LogP contribution in [-0.2, 0) is 9.95 Å². The maximum absolute atomic E-state index is 14.5. The average Bonchev–Trinajstić information content (AvgIpc) is 3.07. The largest absolute Gasteiger partial charge is 0.400 e. The smallest absolute Gasteiger partial charge is 0.331 e. The molecule has 3 rings (SSSR count). The molecular formula is C16H10ClF5N3O2P. The van der Waals surface area contributed by atoms with E-state index in [1.807, 2.05) is 0 Å². The van der Waals surface area contributed by atoms with Crippen LogP contribution >= 0.6 is 18.9 Å². The first-order valence-corrected chi connectivity index (χ1v) is 10.0. The van der Waals surface area contributed by atoms with Crippen molar-refractivity contribution in [2.24, 2.45) is 0 Å². The van der Waals surface area contributed by atoms with E-state index in [9.17, 15) is 26.5 Å². The zero-order valence-corrected chi connectivity index (χ0v) is 15.5. The number of benzene rings is 2. The molecule has 0 aliphatic rings. The average molecular weight is 438 g/mol. The van der Waals surface area contributed by atoms with Crippen LogP contribution in [0.3, 0.4) is 0 Å². The van der Waals surface area contributed by atoms with E-state index in [-0.39, 0.29) is 22.4 Å². The van der Waals surface area contributed by atoms with Crippen molar-refractivity contribution in [3.8, 4) is 11.4 Å². The van der Waals surface area contributed by atoms with Crippen LogP contribution in [0.4, 0.5) is 27.6 Å². The van der Waals surface area contributed by atoms with Crippen molar-refractivity contribution in [3.05, 3.63) is 59.7 Å². The summed E-state index contributed by atoms with van der Waals surface area (Å²) in [5, 5.41) is 1.47. The summed E-state index contributed by atoms with van der Waals surface area (Å²) < 4.78 is 84.3. The molecule has 1 unspecified atom stereocenters. The first-order valence-electron chi connectivity index (χ1n) is 7.49. The summed E-state index contributed by atoms with van der Waals surface area (Å²) in [4.78, 5) is 3.38. The van der Waals surface area contributed by atoms with Gasteiger partial charge in [0.2, 0.25) is 5.82 Å². The van der Waals surface area contributed by atoms with Gasteiger partial charge < -0.3 is 9.61 Å². The molecule has 2 aromatic carbocycles. The molecule has 0 saturated carbocycles. The van der Waals surface area contributed by atoms with Crippen molar-refractivity contribution in [2.75, 3.05) is 11.8 Å². The van der Waals surface area contributed by atoms with Gasteiger partial charge in [0.15, 0.2) is 7.29 Å². The van der Waals surface area contributed by atoms with Gasteiger partial charge in [0, 0.05) is 18.3 Å². The molecule has 1 atom stereocenters. The first-order chi connectivity index (χ1) is 13.0. The summed E-state index contributed by atoms with van der Waals surface area (Å²) in [5.41, 5.74) is -0.312. The van der Waals surface area contributed by atoms with Gasteiger partial charge in [-0.25, -0.2) is 13.2 Å². The van der Waals surface area contributed by atoms with E-state index in [0.29, 0.717) is 6.07 Å². The molecule has 28 heavy (non-hydrogen) atoms. The Bertz CT molecular complexity index is 1090. The standard InChI is InChI=1S/C16H10ClF5N3O2P/c1-28(26,25-12-4-3-9(18)7-10(12)19)13-5-2-8(6-11(13)20)14-23-15(27-24-14)16(17,21)22/h2-7H,1H3,(H,25,26). The summed E-state index contributed by atoms with van der Waals surface area (Å²) in [6.07, 6.45) is 0. The molecule has 0 aliphatic heterocycles. The van der Waals surface area contributed by atoms with E-state index in [2.05, 4.69) is 19.8 Å². The normalized spacial score (nSPS) is 14.0. The van der Waals surface area contributed by atoms with Gasteiger partial charge in [0.25, 0.3) is 0 Å². The van der Waals surface area contributed by atoms with Gasteiger partial charge >= 0.3 is 11.3 Å². The molecule has 0 bridgehead atoms. The maximum Gasteiger partial charge on any atom is 0.400 e. The molecular weight excluding hydrogens is 428 g/mol. The van der Waals surface area contributed by atoms with Gasteiger partial charge in [0.05, 0.1) is 11.0 Å². The number of alkyl halides is 3. The second-order valence-corrected chi connectivity index (χ2v) is 8.78. The third kappa shape index (κ3) is 4.18. The summed E-state index contributed by atoms with van der Waals surface area (Å²) >= 11 is 4.77. The molecule has 1 N–H and O–H groups in total. The molecule has 0 radical (unpaired) electrons. The number of nitrogens with one attached hydrogen (secondary N) is 1. The Morgan fingerprint density at radius 2 is 1.82 bits per heavy atom. The minimum atomic E-state index is -3.88. The first kappa shape index (κ1) is 20.3. The predicted octanol–water partition coefficient (Wildman–Crippen LogP) is 5.09. The lowest BCUT2D eigenvalue weighted by atomic mass is 10.2. The zero-order chi connectivity index (χ0) is 20.7. The fourth-order valence-electron chi connectivity index (χ4n) is 2.32. The number of anilines is 1. The second kappa shape index (κ2) is 7.18. The lowest BCUT2D eigenvalue weighted by Crippen LogP contribution is -2.15. The zero-order valence-electron chi connectivity index (χ0n) is 13.9. The van der Waals surface area contributed by atoms with Crippen LogP contribution in [0.2, 0.25) is 0 Å². The van der Waals surface area contributed by atoms with Crippen molar-refractivity contribution in [1.82, 2.24) is 10.1 Å². The fraction of sp³-hybridized carbons (Fsp3) is 0.125. The quantitative estimate of drug-likeness (QED) is 0.342. The Kier molecular flexibility index (Phi) is 5.20. The topological polar surface area (TPSA) is 68.0 Å². The Labute approximate surface area is 159 Å². The Morgan fingerprint density at radius 1 is 1.11 bits per heavy atom. The van der Waals surface area contributed by atoms with Crippen molar-refractivity contribution in [3.63, 3.8) is 0 Å². The molecule has 0 aliphatic carbocycles. The van der Waals surface area contributed by atoms with Gasteiger partial charge in [-0.1, -0.05) is 11.2 Å². The predicted molar refractivity (Wildman–Crippen MR) is 92.6 cm³/mol. The molecule has 3 aromatic rings. The lowest BCUT2D eigenvalue weighted by Gasteiger charge is -2.18. The van der Waals surface area contributed by atoms with Crippen LogP contribution in [0.15, 0.2) is 40.9 Å². The van der Waals surface area contributed by atoms with Crippen LogP contribution < -0.4 is 10.4 Å². The molecule has 1 heterocycles. The second-order valence-electron chi connectivity index (χ2n) is 5.75. The molecule has 5 nitrogen and oxygen atoms in total. The van der Waals surface area contributed by atoms with E-state index in [1.54, 1.807) is 0 Å². The molecule has 0 fully saturated rings. The summed E-state index contributed by atoms with van der Waals surface area (Å²) in [6.45, 7) is 1.15. The number of aromatic nitrogens is 2. The van der Waals surface area contributed by atoms with Gasteiger partial charge in [0.1, 0.15) is 17.5 Å². The SMILES string of the molecule is CP(=O)(Nc1ccc(F)cc1F)c1ccc(-c2noc(C(F)(F)Cl)n2)cc1F. The van der Waals surface area contributed by atoms with Gasteiger partial charge in [-0.3, -0.25) is 4.57 Å². The van der Waals surface area contributed by atoms with E-state index >= 15 is 0 Å². The molecule has 0 amide bonds. The van der Waals surface area contributed by atoms with Crippen LogP contribution in [0.25, 0.3) is 11.4 Å². The highest BCUT2D eigenvalue weighted by Gasteiger charge is 2.36. The van der Waals surface area contributed by atoms with Crippen LogP contribution in [0, 0.1) is 17.5 Å². The summed E-state index contributed by atoms with van der Waals surface area (Å²) in [5.74, 6) is -4.33. The van der Waals surface area contributed by atoms with E-state index in [1.165, 1.54) is 6.07 Å². The summed E-state index contributed by atoms with van der Waals surface area (Å²) in [6, 6.07) is 5.75. The molecule has 0 saturated heterocycles. The number of hydrogen-bond acceptors (Lipinski definition) is 4. The van der Waals surface area contributed by atoms with Crippen molar-refractivity contribution in [2.45, 2.75) is 5.38 Å². The molecule has 0 spiro atoms. The monoisotopic (exact) mass is 437 g/mol. The van der Waals surface area contributed by atoms with Gasteiger partial charge in [-0.2, -0.15) is 13.8 Å². The van der Waals surface area contributed by atoms with Crippen molar-refractivity contribution >= 4 is 29.9 Å². The number of halogens is 6. The number of hydrogen-bond donors (Lipinski definition) is 1. The van der Waals surface area contributed by atoms with Crippen LogP contribution in [-0.4, -0.2) is 16.8 Å². The number of nitrogens with zero attached hydrogens (tertiary/aromatic N) is 2. The van der Waals surface area contributed by atoms with E-state index in [0.717, 1.165) is 30.9 Å². The Hall–Kier alpha value is -2.45. The molecule has 1 aromatic heterocycles. The molecule has 148 valence electrons. The third-order valence-corrected chi connectivity index (χ3v) is 5.71. The highest BCUT2D eigenvalue weighted by atomic mass is 35.5. The van der Waals surface area contributed by atoms with Crippen molar-refractivity contribution < 1.29 is 31.0 Å². The highest BCUT2D eigenvalue weighted by Crippen LogP contribution is 2.42. The van der Waals surface area contributed by atoms with Gasteiger partial charge in [-0.05, 0) is 35.9 Å². The third-order valence-electron chi connectivity index (χ3n) is 3.60. The maximum atomic E-state index is 14.5. The minimum absolute atomic E-state index is 0.0369. The number of rotatable bonds is 5. The van der Waals surface area contributed by atoms with Crippen LogP contribution in [0.5, 0.6) is 0 Å². The van der Waals surface area contributed by atoms with E-state index < -0.39 is 36.0 Å². The minimum Gasteiger partial charge on any atom is -0.331 e. The lowest BCUT2D eigenvalue weighted by molar-refractivity contribution is 0.0551. The fourth-order valence-corrected chi connectivity index (χ4v) is 3.99.